The Hall–Kier alpha value is -0.250. The van der Waals surface area contributed by atoms with Crippen LogP contribution in [0.15, 0.2) is 29.4 Å². The van der Waals surface area contributed by atoms with E-state index in [1.54, 1.807) is 18.0 Å². The van der Waals surface area contributed by atoms with Crippen LogP contribution in [-0.4, -0.2) is 29.8 Å². The Kier molecular flexibility index (Phi) is 5.98. The van der Waals surface area contributed by atoms with Crippen LogP contribution in [0.5, 0.6) is 0 Å². The molecular formula is C9H12ClNOS. The van der Waals surface area contributed by atoms with Gasteiger partial charge in [0.25, 0.3) is 0 Å². The van der Waals surface area contributed by atoms with E-state index >= 15 is 0 Å². The highest BCUT2D eigenvalue weighted by molar-refractivity contribution is 7.99. The van der Waals surface area contributed by atoms with Crippen molar-refractivity contribution in [1.29, 1.82) is 0 Å². The highest BCUT2D eigenvalue weighted by Gasteiger charge is 1.93. The Morgan fingerprint density at radius 1 is 1.38 bits per heavy atom. The molecule has 0 aliphatic heterocycles. The first-order valence-corrected chi connectivity index (χ1v) is 5.63. The summed E-state index contributed by atoms with van der Waals surface area (Å²) >= 11 is 7.14. The molecule has 0 unspecified atom stereocenters. The van der Waals surface area contributed by atoms with Crippen LogP contribution in [0.4, 0.5) is 0 Å². The van der Waals surface area contributed by atoms with Crippen LogP contribution in [0.1, 0.15) is 0 Å². The summed E-state index contributed by atoms with van der Waals surface area (Å²) in [6.07, 6.45) is 1.79. The first-order valence-electron chi connectivity index (χ1n) is 4.11. The van der Waals surface area contributed by atoms with Gasteiger partial charge in [0.05, 0.1) is 18.2 Å². The van der Waals surface area contributed by atoms with Crippen molar-refractivity contribution in [3.8, 4) is 0 Å². The number of hydrogen-bond donors (Lipinski definition) is 0. The average molecular weight is 218 g/mol. The Labute approximate surface area is 87.7 Å². The molecule has 0 saturated heterocycles. The van der Waals surface area contributed by atoms with Crippen molar-refractivity contribution in [2.45, 2.75) is 5.03 Å². The minimum Gasteiger partial charge on any atom is -0.379 e. The predicted molar refractivity (Wildman–Crippen MR) is 56.5 cm³/mol. The van der Waals surface area contributed by atoms with E-state index in [0.717, 1.165) is 17.4 Å². The molecule has 1 heterocycles. The molecule has 1 rings (SSSR count). The maximum Gasteiger partial charge on any atom is 0.0960 e. The van der Waals surface area contributed by atoms with Crippen molar-refractivity contribution in [2.75, 3.05) is 24.8 Å². The molecular weight excluding hydrogens is 206 g/mol. The number of thioether (sulfide) groups is 1. The van der Waals surface area contributed by atoms with Crippen molar-refractivity contribution >= 4 is 23.4 Å². The Morgan fingerprint density at radius 2 is 2.31 bits per heavy atom. The summed E-state index contributed by atoms with van der Waals surface area (Å²) in [7, 11) is 0. The fraction of sp³-hybridized carbons (Fsp3) is 0.444. The van der Waals surface area contributed by atoms with Crippen LogP contribution in [-0.2, 0) is 4.74 Å². The first kappa shape index (κ1) is 10.8. The van der Waals surface area contributed by atoms with E-state index in [9.17, 15) is 0 Å². The van der Waals surface area contributed by atoms with Crippen molar-refractivity contribution < 1.29 is 4.74 Å². The van der Waals surface area contributed by atoms with Gasteiger partial charge in [-0.3, -0.25) is 0 Å². The number of aromatic nitrogens is 1. The van der Waals surface area contributed by atoms with E-state index in [-0.39, 0.29) is 0 Å². The number of alkyl halides is 1. The molecule has 4 heteroatoms. The van der Waals surface area contributed by atoms with Crippen LogP contribution >= 0.6 is 23.4 Å². The molecule has 1 aromatic heterocycles. The van der Waals surface area contributed by atoms with Gasteiger partial charge in [-0.15, -0.1) is 23.4 Å². The molecule has 72 valence electrons. The minimum atomic E-state index is 0.564. The van der Waals surface area contributed by atoms with Gasteiger partial charge in [-0.05, 0) is 12.1 Å². The third-order valence-electron chi connectivity index (χ3n) is 1.34. The zero-order chi connectivity index (χ0) is 9.36. The van der Waals surface area contributed by atoms with E-state index in [1.807, 2.05) is 18.2 Å². The minimum absolute atomic E-state index is 0.564. The molecule has 0 radical (unpaired) electrons. The van der Waals surface area contributed by atoms with E-state index in [1.165, 1.54) is 0 Å². The quantitative estimate of drug-likeness (QED) is 0.415. The van der Waals surface area contributed by atoms with Crippen LogP contribution < -0.4 is 0 Å². The van der Waals surface area contributed by atoms with Crippen LogP contribution in [0, 0.1) is 0 Å². The number of ether oxygens (including phenoxy) is 1. The maximum absolute atomic E-state index is 5.45. The third kappa shape index (κ3) is 5.13. The van der Waals surface area contributed by atoms with E-state index in [4.69, 9.17) is 16.3 Å². The Balaban J connectivity index is 2.07. The molecule has 13 heavy (non-hydrogen) atoms. The number of pyridine rings is 1. The van der Waals surface area contributed by atoms with Crippen LogP contribution in [0.2, 0.25) is 0 Å². The van der Waals surface area contributed by atoms with E-state index in [2.05, 4.69) is 4.98 Å². The molecule has 0 amide bonds. The predicted octanol–water partition coefficient (Wildman–Crippen LogP) is 2.43. The molecule has 0 saturated carbocycles. The van der Waals surface area contributed by atoms with Gasteiger partial charge in [0.2, 0.25) is 0 Å². The van der Waals surface area contributed by atoms with Crippen LogP contribution in [0.3, 0.4) is 0 Å². The highest BCUT2D eigenvalue weighted by Crippen LogP contribution is 2.12. The van der Waals surface area contributed by atoms with Gasteiger partial charge in [-0.1, -0.05) is 6.07 Å². The average Bonchev–Trinajstić information content (AvgIpc) is 2.19. The third-order valence-corrected chi connectivity index (χ3v) is 2.40. The topological polar surface area (TPSA) is 22.1 Å². The zero-order valence-corrected chi connectivity index (χ0v) is 8.85. The zero-order valence-electron chi connectivity index (χ0n) is 7.28. The second-order valence-corrected chi connectivity index (χ2v) is 3.81. The summed E-state index contributed by atoms with van der Waals surface area (Å²) in [5.41, 5.74) is 0. The lowest BCUT2D eigenvalue weighted by Gasteiger charge is -2.00. The molecule has 0 aliphatic rings. The highest BCUT2D eigenvalue weighted by atomic mass is 35.5. The van der Waals surface area contributed by atoms with E-state index < -0.39 is 0 Å². The fourth-order valence-corrected chi connectivity index (χ4v) is 1.62. The lowest BCUT2D eigenvalue weighted by atomic mass is 10.5. The monoisotopic (exact) mass is 217 g/mol. The summed E-state index contributed by atoms with van der Waals surface area (Å²) in [5, 5.41) is 1.04. The van der Waals surface area contributed by atoms with Gasteiger partial charge in [-0.25, -0.2) is 4.98 Å². The lowest BCUT2D eigenvalue weighted by Crippen LogP contribution is -1.99. The number of nitrogens with zero attached hydrogens (tertiary/aromatic N) is 1. The standard InChI is InChI=1S/C9H12ClNOS/c10-4-6-12-7-8-13-9-3-1-2-5-11-9/h1-3,5H,4,6-8H2. The van der Waals surface area contributed by atoms with Crippen molar-refractivity contribution in [3.05, 3.63) is 24.4 Å². The molecule has 0 aromatic carbocycles. The van der Waals surface area contributed by atoms with Gasteiger partial charge >= 0.3 is 0 Å². The summed E-state index contributed by atoms with van der Waals surface area (Å²) < 4.78 is 5.22. The smallest absolute Gasteiger partial charge is 0.0960 e. The van der Waals surface area contributed by atoms with E-state index in [0.29, 0.717) is 12.5 Å². The number of hydrogen-bond acceptors (Lipinski definition) is 3. The van der Waals surface area contributed by atoms with Crippen LogP contribution in [0.25, 0.3) is 0 Å². The number of rotatable bonds is 6. The Morgan fingerprint density at radius 3 is 3.00 bits per heavy atom. The molecule has 0 spiro atoms. The van der Waals surface area contributed by atoms with Gasteiger partial charge in [0.15, 0.2) is 0 Å². The molecule has 0 fully saturated rings. The van der Waals surface area contributed by atoms with Gasteiger partial charge in [-0.2, -0.15) is 0 Å². The van der Waals surface area contributed by atoms with Gasteiger partial charge in [0, 0.05) is 17.8 Å². The second kappa shape index (κ2) is 7.18. The molecule has 0 aliphatic carbocycles. The summed E-state index contributed by atoms with van der Waals surface area (Å²) in [6, 6.07) is 5.88. The summed E-state index contributed by atoms with van der Waals surface area (Å²) in [6.45, 7) is 1.36. The van der Waals surface area contributed by atoms with Gasteiger partial charge in [0.1, 0.15) is 0 Å². The van der Waals surface area contributed by atoms with Crippen molar-refractivity contribution in [3.63, 3.8) is 0 Å². The normalized spacial score (nSPS) is 10.2. The SMILES string of the molecule is ClCCOCCSc1ccccn1. The lowest BCUT2D eigenvalue weighted by molar-refractivity contribution is 0.166. The van der Waals surface area contributed by atoms with Crippen molar-refractivity contribution in [1.82, 2.24) is 4.98 Å². The molecule has 2 nitrogen and oxygen atoms in total. The fourth-order valence-electron chi connectivity index (χ4n) is 0.794. The maximum atomic E-state index is 5.45. The molecule has 0 atom stereocenters. The van der Waals surface area contributed by atoms with Crippen molar-refractivity contribution in [2.24, 2.45) is 0 Å². The summed E-state index contributed by atoms with van der Waals surface area (Å²) in [5.74, 6) is 1.49. The van der Waals surface area contributed by atoms with Gasteiger partial charge < -0.3 is 4.74 Å². The Bertz CT molecular complexity index is 220. The largest absolute Gasteiger partial charge is 0.379 e. The number of halogens is 1. The molecule has 1 aromatic rings. The summed E-state index contributed by atoms with van der Waals surface area (Å²) in [4.78, 5) is 4.18. The first-order chi connectivity index (χ1) is 6.43. The molecule has 0 bridgehead atoms. The molecule has 0 N–H and O–H groups in total. The second-order valence-electron chi connectivity index (χ2n) is 2.32.